The molecule has 3 aromatic carbocycles. The van der Waals surface area contributed by atoms with Crippen LogP contribution >= 0.6 is 0 Å². The number of para-hydroxylation sites is 2. The maximum absolute atomic E-state index is 13.2. The first-order valence-corrected chi connectivity index (χ1v) is 10.0. The molecule has 1 aliphatic heterocycles. The molecule has 4 aromatic rings. The van der Waals surface area contributed by atoms with Gasteiger partial charge in [0.25, 0.3) is 0 Å². The molecule has 0 fully saturated rings. The molecule has 0 bridgehead atoms. The molecular weight excluding hydrogens is 433 g/mol. The van der Waals surface area contributed by atoms with E-state index in [1.54, 1.807) is 12.1 Å². The number of hydrogen-bond acceptors (Lipinski definition) is 0. The summed E-state index contributed by atoms with van der Waals surface area (Å²) in [5, 5.41) is 1.04. The molecule has 2 heterocycles. The molecule has 0 saturated carbocycles. The number of benzene rings is 3. The van der Waals surface area contributed by atoms with Gasteiger partial charge in [-0.15, -0.1) is 0 Å². The topological polar surface area (TPSA) is 29.8 Å². The SMILES string of the molecule is CC1=[NH+]c2ccccc2C1=C(c1ccc(C(F)(F)F)cc1)c1c(C)[nH]c2ccccc12.[Cl-]. The molecule has 0 aliphatic carbocycles. The van der Waals surface area contributed by atoms with Crippen molar-refractivity contribution in [2.75, 3.05) is 0 Å². The van der Waals surface area contributed by atoms with E-state index in [2.05, 4.69) is 9.98 Å². The Labute approximate surface area is 189 Å². The van der Waals surface area contributed by atoms with E-state index in [0.29, 0.717) is 0 Å². The van der Waals surface area contributed by atoms with Crippen LogP contribution in [0.1, 0.15) is 34.9 Å². The number of alkyl halides is 3. The molecule has 0 saturated heterocycles. The third-order valence-electron chi connectivity index (χ3n) is 5.79. The fraction of sp³-hybridized carbons (Fsp3) is 0.115. The van der Waals surface area contributed by atoms with Gasteiger partial charge in [0.2, 0.25) is 5.69 Å². The predicted molar refractivity (Wildman–Crippen MR) is 118 cm³/mol. The van der Waals surface area contributed by atoms with Crippen molar-refractivity contribution < 1.29 is 30.6 Å². The van der Waals surface area contributed by atoms with Crippen LogP contribution in [0.2, 0.25) is 0 Å². The number of H-pyrrole nitrogens is 1. The Bertz CT molecular complexity index is 1380. The van der Waals surface area contributed by atoms with Crippen molar-refractivity contribution in [3.63, 3.8) is 0 Å². The smallest absolute Gasteiger partial charge is 0.416 e. The lowest BCUT2D eigenvalue weighted by Gasteiger charge is -2.14. The highest BCUT2D eigenvalue weighted by Gasteiger charge is 2.32. The number of aromatic nitrogens is 1. The molecule has 162 valence electrons. The van der Waals surface area contributed by atoms with Gasteiger partial charge >= 0.3 is 6.18 Å². The summed E-state index contributed by atoms with van der Waals surface area (Å²) >= 11 is 0. The van der Waals surface area contributed by atoms with E-state index >= 15 is 0 Å². The van der Waals surface area contributed by atoms with E-state index in [4.69, 9.17) is 0 Å². The van der Waals surface area contributed by atoms with E-state index in [-0.39, 0.29) is 12.4 Å². The molecule has 2 nitrogen and oxygen atoms in total. The summed E-state index contributed by atoms with van der Waals surface area (Å²) in [5.74, 6) is 0. The lowest BCUT2D eigenvalue weighted by molar-refractivity contribution is -0.349. The molecule has 5 rings (SSSR count). The van der Waals surface area contributed by atoms with Gasteiger partial charge in [-0.05, 0) is 36.8 Å². The fourth-order valence-corrected chi connectivity index (χ4v) is 4.44. The Kier molecular flexibility index (Phi) is 5.47. The molecule has 1 aliphatic rings. The van der Waals surface area contributed by atoms with Crippen LogP contribution in [-0.2, 0) is 6.18 Å². The number of hydrogen-bond donors (Lipinski definition) is 2. The van der Waals surface area contributed by atoms with E-state index in [1.807, 2.05) is 62.4 Å². The molecule has 0 amide bonds. The molecule has 0 unspecified atom stereocenters. The van der Waals surface area contributed by atoms with Gasteiger partial charge in [0.1, 0.15) is 0 Å². The summed E-state index contributed by atoms with van der Waals surface area (Å²) in [6.45, 7) is 4.01. The summed E-state index contributed by atoms with van der Waals surface area (Å²) in [7, 11) is 0. The second kappa shape index (κ2) is 7.99. The van der Waals surface area contributed by atoms with Gasteiger partial charge in [0, 0.05) is 40.7 Å². The van der Waals surface area contributed by atoms with Crippen molar-refractivity contribution in [1.29, 1.82) is 0 Å². The second-order valence-electron chi connectivity index (χ2n) is 7.79. The average molecular weight is 453 g/mol. The van der Waals surface area contributed by atoms with Crippen molar-refractivity contribution in [2.24, 2.45) is 0 Å². The largest absolute Gasteiger partial charge is 1.00 e. The lowest BCUT2D eigenvalue weighted by Crippen LogP contribution is -3.00. The molecule has 2 N–H and O–H groups in total. The van der Waals surface area contributed by atoms with Gasteiger partial charge in [-0.1, -0.05) is 42.5 Å². The zero-order valence-corrected chi connectivity index (χ0v) is 18.2. The molecule has 32 heavy (non-hydrogen) atoms. The van der Waals surface area contributed by atoms with Gasteiger partial charge in [0.05, 0.1) is 16.7 Å². The molecular formula is C26H20ClF3N2. The van der Waals surface area contributed by atoms with Gasteiger partial charge in [-0.3, -0.25) is 0 Å². The number of fused-ring (bicyclic) bond motifs is 2. The van der Waals surface area contributed by atoms with Gasteiger partial charge in [-0.2, -0.15) is 13.2 Å². The Hall–Kier alpha value is -3.31. The monoisotopic (exact) mass is 452 g/mol. The first kappa shape index (κ1) is 21.9. The zero-order valence-electron chi connectivity index (χ0n) is 17.4. The Balaban J connectivity index is 0.00000245. The maximum atomic E-state index is 13.2. The van der Waals surface area contributed by atoms with E-state index in [9.17, 15) is 13.2 Å². The predicted octanol–water partition coefficient (Wildman–Crippen LogP) is 2.64. The van der Waals surface area contributed by atoms with Crippen molar-refractivity contribution >= 4 is 33.4 Å². The Morgan fingerprint density at radius 1 is 0.844 bits per heavy atom. The standard InChI is InChI=1S/C26H19F3N2.ClH/c1-15-23(19-7-3-5-9-21(19)30-15)25(17-11-13-18(14-12-17)26(27,28)29)24-16(2)31-22-10-6-4-8-20(22)24;/h3-14,30H,1-2H3;1H. The second-order valence-corrected chi connectivity index (χ2v) is 7.79. The van der Waals surface area contributed by atoms with E-state index in [1.165, 1.54) is 0 Å². The van der Waals surface area contributed by atoms with Gasteiger partial charge in [0.15, 0.2) is 5.71 Å². The quantitative estimate of drug-likeness (QED) is 0.468. The van der Waals surface area contributed by atoms with Gasteiger partial charge < -0.3 is 17.4 Å². The van der Waals surface area contributed by atoms with Gasteiger partial charge in [-0.25, -0.2) is 4.99 Å². The van der Waals surface area contributed by atoms with Crippen LogP contribution in [-0.4, -0.2) is 10.7 Å². The van der Waals surface area contributed by atoms with Crippen LogP contribution in [0.15, 0.2) is 72.8 Å². The fourth-order valence-electron chi connectivity index (χ4n) is 4.44. The summed E-state index contributed by atoms with van der Waals surface area (Å²) in [6.07, 6.45) is -4.37. The van der Waals surface area contributed by atoms with Crippen molar-refractivity contribution in [3.05, 3.63) is 101 Å². The summed E-state index contributed by atoms with van der Waals surface area (Å²) in [4.78, 5) is 6.86. The highest BCUT2D eigenvalue weighted by atomic mass is 35.5. The Morgan fingerprint density at radius 2 is 1.50 bits per heavy atom. The number of nitrogens with one attached hydrogen (secondary N) is 2. The van der Waals surface area contributed by atoms with Crippen molar-refractivity contribution in [3.8, 4) is 0 Å². The van der Waals surface area contributed by atoms with E-state index < -0.39 is 11.7 Å². The maximum Gasteiger partial charge on any atom is 0.416 e. The van der Waals surface area contributed by atoms with Crippen LogP contribution in [0.4, 0.5) is 18.9 Å². The van der Waals surface area contributed by atoms with Crippen molar-refractivity contribution in [1.82, 2.24) is 4.98 Å². The summed E-state index contributed by atoms with van der Waals surface area (Å²) < 4.78 is 39.6. The molecule has 1 aromatic heterocycles. The minimum Gasteiger partial charge on any atom is -1.00 e. The number of aromatic amines is 1. The molecule has 0 atom stereocenters. The van der Waals surface area contributed by atoms with Crippen LogP contribution in [0.25, 0.3) is 22.0 Å². The molecule has 6 heteroatoms. The minimum atomic E-state index is -4.37. The molecule has 0 radical (unpaired) electrons. The number of aryl methyl sites for hydroxylation is 1. The summed E-state index contributed by atoms with van der Waals surface area (Å²) in [6, 6.07) is 21.5. The number of rotatable bonds is 2. The summed E-state index contributed by atoms with van der Waals surface area (Å²) in [5.41, 5.74) is 8.00. The number of allylic oxidation sites excluding steroid dienone is 1. The van der Waals surface area contributed by atoms with Crippen molar-refractivity contribution in [2.45, 2.75) is 20.0 Å². The van der Waals surface area contributed by atoms with Crippen LogP contribution < -0.4 is 17.4 Å². The van der Waals surface area contributed by atoms with Crippen LogP contribution in [0.3, 0.4) is 0 Å². The average Bonchev–Trinajstić information content (AvgIpc) is 3.25. The van der Waals surface area contributed by atoms with Crippen LogP contribution in [0.5, 0.6) is 0 Å². The molecule has 0 spiro atoms. The highest BCUT2D eigenvalue weighted by molar-refractivity contribution is 6.32. The third kappa shape index (κ3) is 3.53. The number of halogens is 4. The van der Waals surface area contributed by atoms with E-state index in [0.717, 1.165) is 68.0 Å². The minimum absolute atomic E-state index is 0. The van der Waals surface area contributed by atoms with Crippen LogP contribution in [0, 0.1) is 6.92 Å². The first-order chi connectivity index (χ1) is 14.8. The lowest BCUT2D eigenvalue weighted by atomic mass is 9.86. The highest BCUT2D eigenvalue weighted by Crippen LogP contribution is 2.41. The normalized spacial score (nSPS) is 14.7. The Morgan fingerprint density at radius 3 is 2.22 bits per heavy atom. The zero-order chi connectivity index (χ0) is 21.8. The third-order valence-corrected chi connectivity index (χ3v) is 5.79. The first-order valence-electron chi connectivity index (χ1n) is 10.0.